The van der Waals surface area contributed by atoms with Gasteiger partial charge in [-0.25, -0.2) is 0 Å². The molecule has 0 aromatic heterocycles. The summed E-state index contributed by atoms with van der Waals surface area (Å²) in [5.74, 6) is 2.87. The van der Waals surface area contributed by atoms with Crippen molar-refractivity contribution in [2.75, 3.05) is 0 Å². The first-order valence-corrected chi connectivity index (χ1v) is 8.58. The van der Waals surface area contributed by atoms with E-state index in [9.17, 15) is 5.11 Å². The molecule has 0 bridgehead atoms. The van der Waals surface area contributed by atoms with E-state index in [4.69, 9.17) is 0 Å². The van der Waals surface area contributed by atoms with Crippen LogP contribution in [0, 0.1) is 17.4 Å². The lowest BCUT2D eigenvalue weighted by molar-refractivity contribution is 0.193. The van der Waals surface area contributed by atoms with Crippen LogP contribution in [0.2, 0.25) is 19.6 Å². The maximum absolute atomic E-state index is 9.61. The highest BCUT2D eigenvalue weighted by atomic mass is 79.9. The van der Waals surface area contributed by atoms with Crippen LogP contribution in [0.4, 0.5) is 0 Å². The molecular formula is C10H17BrOSi. The SMILES string of the molecule is C=C(Br)[C@H](C)[C@@H](O)C#C[Si](C)(C)C. The highest BCUT2D eigenvalue weighted by molar-refractivity contribution is 9.11. The zero-order valence-electron chi connectivity index (χ0n) is 8.69. The Morgan fingerprint density at radius 3 is 2.23 bits per heavy atom. The van der Waals surface area contributed by atoms with Crippen LogP contribution >= 0.6 is 15.9 Å². The molecule has 13 heavy (non-hydrogen) atoms. The minimum Gasteiger partial charge on any atom is -0.380 e. The Morgan fingerprint density at radius 2 is 1.92 bits per heavy atom. The molecule has 1 N–H and O–H groups in total. The first-order chi connectivity index (χ1) is 5.74. The van der Waals surface area contributed by atoms with Crippen molar-refractivity contribution in [1.82, 2.24) is 0 Å². The molecule has 2 atom stereocenters. The molecule has 0 spiro atoms. The zero-order chi connectivity index (χ0) is 10.6. The van der Waals surface area contributed by atoms with Crippen LogP contribution in [-0.2, 0) is 0 Å². The minimum atomic E-state index is -1.37. The van der Waals surface area contributed by atoms with Gasteiger partial charge in [-0.3, -0.25) is 0 Å². The van der Waals surface area contributed by atoms with Gasteiger partial charge in [-0.15, -0.1) is 5.54 Å². The van der Waals surface area contributed by atoms with Gasteiger partial charge in [-0.1, -0.05) is 55.0 Å². The fourth-order valence-corrected chi connectivity index (χ4v) is 1.42. The van der Waals surface area contributed by atoms with Crippen molar-refractivity contribution in [3.8, 4) is 11.5 Å². The Morgan fingerprint density at radius 1 is 1.46 bits per heavy atom. The van der Waals surface area contributed by atoms with Crippen LogP contribution in [0.25, 0.3) is 0 Å². The van der Waals surface area contributed by atoms with E-state index < -0.39 is 14.2 Å². The molecule has 0 aromatic rings. The van der Waals surface area contributed by atoms with Gasteiger partial charge in [0.1, 0.15) is 14.2 Å². The van der Waals surface area contributed by atoms with Crippen molar-refractivity contribution in [3.05, 3.63) is 11.1 Å². The quantitative estimate of drug-likeness (QED) is 0.598. The normalized spacial score (nSPS) is 15.5. The lowest BCUT2D eigenvalue weighted by Gasteiger charge is -2.13. The van der Waals surface area contributed by atoms with E-state index in [0.29, 0.717) is 0 Å². The van der Waals surface area contributed by atoms with Crippen molar-refractivity contribution in [3.63, 3.8) is 0 Å². The molecule has 0 fully saturated rings. The topological polar surface area (TPSA) is 20.2 Å². The van der Waals surface area contributed by atoms with Gasteiger partial charge in [0.2, 0.25) is 0 Å². The summed E-state index contributed by atoms with van der Waals surface area (Å²) in [6, 6.07) is 0. The smallest absolute Gasteiger partial charge is 0.129 e. The van der Waals surface area contributed by atoms with E-state index >= 15 is 0 Å². The van der Waals surface area contributed by atoms with Crippen molar-refractivity contribution < 1.29 is 5.11 Å². The van der Waals surface area contributed by atoms with Crippen molar-refractivity contribution >= 4 is 24.0 Å². The van der Waals surface area contributed by atoms with Gasteiger partial charge in [0, 0.05) is 5.92 Å². The largest absolute Gasteiger partial charge is 0.380 e. The standard InChI is InChI=1S/C10H17BrOSi/c1-8(9(2)11)10(12)6-7-13(3,4)5/h8,10,12H,2H2,1,3-5H3/t8-,10-/m0/s1. The Kier molecular flexibility index (Phi) is 4.98. The lowest BCUT2D eigenvalue weighted by atomic mass is 10.1. The van der Waals surface area contributed by atoms with Gasteiger partial charge >= 0.3 is 0 Å². The van der Waals surface area contributed by atoms with E-state index in [1.165, 1.54) is 0 Å². The second-order valence-electron chi connectivity index (χ2n) is 4.20. The molecule has 0 unspecified atom stereocenters. The first kappa shape index (κ1) is 13.0. The van der Waals surface area contributed by atoms with Gasteiger partial charge in [-0.05, 0) is 4.48 Å². The Balaban J connectivity index is 4.36. The van der Waals surface area contributed by atoms with Crippen LogP contribution in [0.3, 0.4) is 0 Å². The average Bonchev–Trinajstić information content (AvgIpc) is 1.97. The zero-order valence-corrected chi connectivity index (χ0v) is 11.3. The number of aliphatic hydroxyl groups is 1. The fourth-order valence-electron chi connectivity index (χ4n) is 0.587. The second kappa shape index (κ2) is 4.99. The van der Waals surface area contributed by atoms with Gasteiger partial charge in [0.25, 0.3) is 0 Å². The molecule has 0 aliphatic heterocycles. The van der Waals surface area contributed by atoms with E-state index in [2.05, 4.69) is 53.6 Å². The summed E-state index contributed by atoms with van der Waals surface area (Å²) in [7, 11) is -1.37. The van der Waals surface area contributed by atoms with Crippen molar-refractivity contribution in [1.29, 1.82) is 0 Å². The lowest BCUT2D eigenvalue weighted by Crippen LogP contribution is -2.20. The highest BCUT2D eigenvalue weighted by Crippen LogP contribution is 2.18. The summed E-state index contributed by atoms with van der Waals surface area (Å²) in [6.45, 7) is 12.1. The molecule has 1 nitrogen and oxygen atoms in total. The number of rotatable bonds is 2. The molecule has 0 aliphatic carbocycles. The summed E-state index contributed by atoms with van der Waals surface area (Å²) in [5.41, 5.74) is 3.13. The molecule has 0 heterocycles. The third-order valence-electron chi connectivity index (χ3n) is 1.56. The molecule has 74 valence electrons. The molecule has 0 saturated heterocycles. The van der Waals surface area contributed by atoms with Crippen LogP contribution in [-0.4, -0.2) is 19.3 Å². The van der Waals surface area contributed by atoms with E-state index in [-0.39, 0.29) is 5.92 Å². The van der Waals surface area contributed by atoms with Gasteiger partial charge in [0.15, 0.2) is 0 Å². The summed E-state index contributed by atoms with van der Waals surface area (Å²) >= 11 is 3.25. The average molecular weight is 261 g/mol. The molecular weight excluding hydrogens is 244 g/mol. The van der Waals surface area contributed by atoms with Crippen LogP contribution in [0.5, 0.6) is 0 Å². The van der Waals surface area contributed by atoms with Gasteiger partial charge < -0.3 is 5.11 Å². The van der Waals surface area contributed by atoms with Crippen LogP contribution in [0.15, 0.2) is 11.1 Å². The monoisotopic (exact) mass is 260 g/mol. The molecule has 0 radical (unpaired) electrons. The summed E-state index contributed by atoms with van der Waals surface area (Å²) in [5, 5.41) is 9.61. The Bertz CT molecular complexity index is 244. The van der Waals surface area contributed by atoms with E-state index in [1.54, 1.807) is 0 Å². The third kappa shape index (κ3) is 6.09. The van der Waals surface area contributed by atoms with Gasteiger partial charge in [0.05, 0.1) is 0 Å². The number of hydrogen-bond donors (Lipinski definition) is 1. The maximum Gasteiger partial charge on any atom is 0.129 e. The molecule has 3 heteroatoms. The summed E-state index contributed by atoms with van der Waals surface area (Å²) in [6.07, 6.45) is -0.599. The number of aliphatic hydroxyl groups excluding tert-OH is 1. The van der Waals surface area contributed by atoms with E-state index in [0.717, 1.165) is 4.48 Å². The van der Waals surface area contributed by atoms with Crippen LogP contribution < -0.4 is 0 Å². The third-order valence-corrected chi connectivity index (χ3v) is 3.18. The number of hydrogen-bond acceptors (Lipinski definition) is 1. The molecule has 0 amide bonds. The van der Waals surface area contributed by atoms with Crippen molar-refractivity contribution in [2.45, 2.75) is 32.7 Å². The maximum atomic E-state index is 9.61. The number of halogens is 1. The Labute approximate surface area is 90.4 Å². The molecule has 0 rings (SSSR count). The molecule has 0 aromatic carbocycles. The fraction of sp³-hybridized carbons (Fsp3) is 0.600. The highest BCUT2D eigenvalue weighted by Gasteiger charge is 2.14. The molecule has 0 saturated carbocycles. The second-order valence-corrected chi connectivity index (χ2v) is 9.97. The Hall–Kier alpha value is -0.0431. The van der Waals surface area contributed by atoms with Gasteiger partial charge in [-0.2, -0.15) is 0 Å². The van der Waals surface area contributed by atoms with E-state index in [1.807, 2.05) is 6.92 Å². The predicted octanol–water partition coefficient (Wildman–Crippen LogP) is 2.77. The summed E-state index contributed by atoms with van der Waals surface area (Å²) in [4.78, 5) is 0. The summed E-state index contributed by atoms with van der Waals surface area (Å²) < 4.78 is 0.796. The molecule has 0 aliphatic rings. The first-order valence-electron chi connectivity index (χ1n) is 4.29. The predicted molar refractivity (Wildman–Crippen MR) is 64.4 cm³/mol. The minimum absolute atomic E-state index is 0.0103. The van der Waals surface area contributed by atoms with Crippen molar-refractivity contribution in [2.24, 2.45) is 5.92 Å². The van der Waals surface area contributed by atoms with Crippen LogP contribution in [0.1, 0.15) is 6.92 Å².